The van der Waals surface area contributed by atoms with Gasteiger partial charge in [-0.1, -0.05) is 0 Å². The van der Waals surface area contributed by atoms with Gasteiger partial charge in [-0.2, -0.15) is 0 Å². The van der Waals surface area contributed by atoms with Crippen LogP contribution in [-0.2, 0) is 9.47 Å². The zero-order chi connectivity index (χ0) is 15.7. The van der Waals surface area contributed by atoms with E-state index in [-0.39, 0.29) is 10.7 Å². The Morgan fingerprint density at radius 3 is 2.96 bits per heavy atom. The van der Waals surface area contributed by atoms with Gasteiger partial charge >= 0.3 is 0 Å². The van der Waals surface area contributed by atoms with Crippen molar-refractivity contribution in [2.75, 3.05) is 38.7 Å². The maximum atomic E-state index is 12.2. The number of nitrogens with zero attached hydrogens (tertiary/aromatic N) is 1. The van der Waals surface area contributed by atoms with Gasteiger partial charge in [0.1, 0.15) is 0 Å². The summed E-state index contributed by atoms with van der Waals surface area (Å²) in [7, 11) is 0. The highest BCUT2D eigenvalue weighted by Crippen LogP contribution is 2.46. The smallest absolute Gasteiger partial charge is 0.289 e. The largest absolute Gasteiger partial charge is 0.459 e. The van der Waals surface area contributed by atoms with Crippen molar-refractivity contribution in [3.63, 3.8) is 0 Å². The van der Waals surface area contributed by atoms with Crippen LogP contribution < -0.4 is 0 Å². The summed E-state index contributed by atoms with van der Waals surface area (Å²) >= 11 is 1.97. The van der Waals surface area contributed by atoms with E-state index in [9.17, 15) is 4.79 Å². The first kappa shape index (κ1) is 15.5. The van der Waals surface area contributed by atoms with Gasteiger partial charge in [-0.3, -0.25) is 4.79 Å². The second-order valence-electron chi connectivity index (χ2n) is 6.85. The number of furan rings is 1. The number of carbonyl (C=O) groups excluding carboxylic acids is 1. The van der Waals surface area contributed by atoms with Crippen molar-refractivity contribution in [2.45, 2.75) is 30.1 Å². The third-order valence-corrected chi connectivity index (χ3v) is 6.64. The minimum atomic E-state index is 0.00722. The number of thioether (sulfide) groups is 1. The zero-order valence-corrected chi connectivity index (χ0v) is 14.1. The number of hydrogen-bond acceptors (Lipinski definition) is 5. The summed E-state index contributed by atoms with van der Waals surface area (Å²) in [6.45, 7) is 4.24. The summed E-state index contributed by atoms with van der Waals surface area (Å²) in [4.78, 5) is 14.1. The van der Waals surface area contributed by atoms with Crippen LogP contribution in [-0.4, -0.2) is 60.3 Å². The molecule has 1 atom stereocenters. The lowest BCUT2D eigenvalue weighted by molar-refractivity contribution is -0.0120. The molecule has 0 N–H and O–H groups in total. The molecule has 23 heavy (non-hydrogen) atoms. The zero-order valence-electron chi connectivity index (χ0n) is 13.2. The lowest BCUT2D eigenvalue weighted by Crippen LogP contribution is -2.60. The molecule has 5 nitrogen and oxygen atoms in total. The molecule has 0 bridgehead atoms. The minimum absolute atomic E-state index is 0.00722. The maximum absolute atomic E-state index is 12.2. The predicted octanol–water partition coefficient (Wildman–Crippen LogP) is 2.42. The van der Waals surface area contributed by atoms with Gasteiger partial charge in [0.2, 0.25) is 0 Å². The number of hydrogen-bond donors (Lipinski definition) is 0. The van der Waals surface area contributed by atoms with E-state index in [4.69, 9.17) is 13.9 Å². The Labute approximate surface area is 140 Å². The first-order chi connectivity index (χ1) is 11.2. The van der Waals surface area contributed by atoms with Crippen LogP contribution >= 0.6 is 11.8 Å². The molecule has 0 aromatic carbocycles. The van der Waals surface area contributed by atoms with Crippen molar-refractivity contribution in [3.05, 3.63) is 24.2 Å². The molecule has 3 saturated heterocycles. The highest BCUT2D eigenvalue weighted by Gasteiger charge is 2.51. The van der Waals surface area contributed by atoms with Gasteiger partial charge in [0.25, 0.3) is 5.91 Å². The monoisotopic (exact) mass is 337 g/mol. The van der Waals surface area contributed by atoms with Gasteiger partial charge in [-0.15, -0.1) is 11.8 Å². The summed E-state index contributed by atoms with van der Waals surface area (Å²) in [5, 5.41) is 0. The molecular weight excluding hydrogens is 314 g/mol. The van der Waals surface area contributed by atoms with Crippen molar-refractivity contribution in [1.29, 1.82) is 0 Å². The Morgan fingerprint density at radius 1 is 1.39 bits per heavy atom. The van der Waals surface area contributed by atoms with Crippen molar-refractivity contribution >= 4 is 17.7 Å². The normalized spacial score (nSPS) is 27.3. The Bertz CT molecular complexity index is 535. The quantitative estimate of drug-likeness (QED) is 0.844. The predicted molar refractivity (Wildman–Crippen MR) is 87.7 cm³/mol. The molecule has 4 heterocycles. The number of rotatable bonds is 4. The topological polar surface area (TPSA) is 51.9 Å². The van der Waals surface area contributed by atoms with Gasteiger partial charge < -0.3 is 18.8 Å². The standard InChI is InChI=1S/C17H23NO4S/c19-16(15-2-1-5-21-15)18-11-17(12-18)8-14(10-23-17)22-9-13-3-6-20-7-4-13/h1-2,5,13-14H,3-4,6-12H2. The molecule has 1 amide bonds. The van der Waals surface area contributed by atoms with Gasteiger partial charge in [-0.05, 0) is 37.3 Å². The molecular formula is C17H23NO4S. The second kappa shape index (κ2) is 6.49. The van der Waals surface area contributed by atoms with E-state index < -0.39 is 0 Å². The van der Waals surface area contributed by atoms with Gasteiger partial charge in [0, 0.05) is 38.7 Å². The Hall–Kier alpha value is -0.980. The fourth-order valence-electron chi connectivity index (χ4n) is 3.66. The molecule has 0 saturated carbocycles. The third-order valence-electron chi connectivity index (χ3n) is 5.06. The highest BCUT2D eigenvalue weighted by atomic mass is 32.2. The molecule has 3 aliphatic rings. The van der Waals surface area contributed by atoms with Crippen LogP contribution in [0.3, 0.4) is 0 Å². The Balaban J connectivity index is 1.23. The molecule has 126 valence electrons. The highest BCUT2D eigenvalue weighted by molar-refractivity contribution is 8.01. The average Bonchev–Trinajstić information content (AvgIpc) is 3.22. The van der Waals surface area contributed by atoms with Crippen LogP contribution in [0.2, 0.25) is 0 Å². The van der Waals surface area contributed by atoms with Crippen LogP contribution in [0.1, 0.15) is 29.8 Å². The molecule has 6 heteroatoms. The Kier molecular flexibility index (Phi) is 4.39. The third kappa shape index (κ3) is 3.30. The first-order valence-electron chi connectivity index (χ1n) is 8.40. The molecule has 1 aromatic heterocycles. The van der Waals surface area contributed by atoms with E-state index in [1.165, 1.54) is 0 Å². The van der Waals surface area contributed by atoms with E-state index in [0.717, 1.165) is 57.9 Å². The minimum Gasteiger partial charge on any atom is -0.459 e. The van der Waals surface area contributed by atoms with Gasteiger partial charge in [-0.25, -0.2) is 0 Å². The first-order valence-corrected chi connectivity index (χ1v) is 9.39. The summed E-state index contributed by atoms with van der Waals surface area (Å²) < 4.78 is 16.9. The van der Waals surface area contributed by atoms with Crippen molar-refractivity contribution < 1.29 is 18.7 Å². The molecule has 3 aliphatic heterocycles. The van der Waals surface area contributed by atoms with Crippen LogP contribution in [0.5, 0.6) is 0 Å². The SMILES string of the molecule is O=C(c1ccco1)N1CC2(CC(OCC3CCOCC3)CS2)C1. The van der Waals surface area contributed by atoms with Crippen molar-refractivity contribution in [2.24, 2.45) is 5.92 Å². The van der Waals surface area contributed by atoms with Crippen LogP contribution in [0.4, 0.5) is 0 Å². The second-order valence-corrected chi connectivity index (χ2v) is 8.34. The maximum Gasteiger partial charge on any atom is 0.289 e. The molecule has 3 fully saturated rings. The molecule has 1 unspecified atom stereocenters. The van der Waals surface area contributed by atoms with Crippen LogP contribution in [0.15, 0.2) is 22.8 Å². The van der Waals surface area contributed by atoms with E-state index in [0.29, 0.717) is 17.8 Å². The molecule has 0 radical (unpaired) electrons. The lowest BCUT2D eigenvalue weighted by atomic mass is 9.92. The fraction of sp³-hybridized carbons (Fsp3) is 0.706. The van der Waals surface area contributed by atoms with E-state index >= 15 is 0 Å². The van der Waals surface area contributed by atoms with E-state index in [1.54, 1.807) is 18.4 Å². The number of ether oxygens (including phenoxy) is 2. The summed E-state index contributed by atoms with van der Waals surface area (Å²) in [6, 6.07) is 3.49. The van der Waals surface area contributed by atoms with Crippen molar-refractivity contribution in [3.8, 4) is 0 Å². The lowest BCUT2D eigenvalue weighted by Gasteiger charge is -2.47. The van der Waals surface area contributed by atoms with Crippen LogP contribution in [0, 0.1) is 5.92 Å². The number of likely N-dealkylation sites (tertiary alicyclic amines) is 1. The average molecular weight is 337 g/mol. The van der Waals surface area contributed by atoms with Crippen molar-refractivity contribution in [1.82, 2.24) is 4.90 Å². The summed E-state index contributed by atoms with van der Waals surface area (Å²) in [5.41, 5.74) is 0. The molecule has 0 aliphatic carbocycles. The summed E-state index contributed by atoms with van der Waals surface area (Å²) in [6.07, 6.45) is 5.19. The van der Waals surface area contributed by atoms with Gasteiger partial charge in [0.05, 0.1) is 17.1 Å². The number of amides is 1. The molecule has 4 rings (SSSR count). The van der Waals surface area contributed by atoms with Gasteiger partial charge in [0.15, 0.2) is 5.76 Å². The fourth-order valence-corrected chi connectivity index (χ4v) is 5.22. The number of carbonyl (C=O) groups is 1. The van der Waals surface area contributed by atoms with E-state index in [1.807, 2.05) is 16.7 Å². The summed E-state index contributed by atoms with van der Waals surface area (Å²) in [5.74, 6) is 2.15. The molecule has 1 aromatic rings. The molecule has 1 spiro atoms. The van der Waals surface area contributed by atoms with Crippen LogP contribution in [0.25, 0.3) is 0 Å². The van der Waals surface area contributed by atoms with E-state index in [2.05, 4.69) is 0 Å². The Morgan fingerprint density at radius 2 is 2.22 bits per heavy atom.